The summed E-state index contributed by atoms with van der Waals surface area (Å²) in [7, 11) is 0. The molecule has 0 unspecified atom stereocenters. The minimum Gasteiger partial charge on any atom is -0.505 e. The maximum absolute atomic E-state index is 13.0. The lowest BCUT2D eigenvalue weighted by Crippen LogP contribution is -2.12. The van der Waals surface area contributed by atoms with Gasteiger partial charge >= 0.3 is 0 Å². The van der Waals surface area contributed by atoms with Gasteiger partial charge in [0.05, 0.1) is 12.2 Å². The minimum absolute atomic E-state index is 0.311. The molecule has 0 radical (unpaired) electrons. The molecule has 2 rings (SSSR count). The highest BCUT2D eigenvalue weighted by Gasteiger charge is 2.06. The molecule has 1 aromatic carbocycles. The second-order valence-electron chi connectivity index (χ2n) is 3.79. The highest BCUT2D eigenvalue weighted by atomic mass is 19.1. The number of para-hydroxylation sites is 1. The summed E-state index contributed by atoms with van der Waals surface area (Å²) in [5.41, 5.74) is 1.33. The van der Waals surface area contributed by atoms with Crippen LogP contribution >= 0.6 is 0 Å². The Bertz CT molecular complexity index is 511. The van der Waals surface area contributed by atoms with E-state index in [1.54, 1.807) is 12.1 Å². The van der Waals surface area contributed by atoms with Gasteiger partial charge in [0, 0.05) is 18.2 Å². The van der Waals surface area contributed by atoms with Crippen LogP contribution in [-0.2, 0) is 13.1 Å². The Morgan fingerprint density at radius 1 is 1.41 bits per heavy atom. The normalized spacial score (nSPS) is 10.7. The third-order valence-corrected chi connectivity index (χ3v) is 2.36. The van der Waals surface area contributed by atoms with Crippen LogP contribution in [-0.4, -0.2) is 10.3 Å². The van der Waals surface area contributed by atoms with Gasteiger partial charge in [-0.3, -0.25) is 0 Å². The summed E-state index contributed by atoms with van der Waals surface area (Å²) in [5.74, 6) is -0.216. The Morgan fingerprint density at radius 2 is 2.24 bits per heavy atom. The molecule has 0 saturated carbocycles. The van der Waals surface area contributed by atoms with E-state index in [0.717, 1.165) is 5.69 Å². The van der Waals surface area contributed by atoms with Crippen LogP contribution in [0, 0.1) is 12.7 Å². The molecule has 0 atom stereocenters. The molecule has 0 fully saturated rings. The number of nitrogens with one attached hydrogen (secondary N) is 1. The number of aryl methyl sites for hydroxylation is 1. The monoisotopic (exact) mass is 236 g/mol. The van der Waals surface area contributed by atoms with E-state index < -0.39 is 5.82 Å². The SMILES string of the molecule is Cc1cc(CNCc2cccc(F)c2O)on1. The van der Waals surface area contributed by atoms with Crippen molar-refractivity contribution in [2.75, 3.05) is 0 Å². The van der Waals surface area contributed by atoms with Crippen LogP contribution in [0.2, 0.25) is 0 Å². The van der Waals surface area contributed by atoms with Gasteiger partial charge in [0.25, 0.3) is 0 Å². The van der Waals surface area contributed by atoms with Gasteiger partial charge in [-0.25, -0.2) is 4.39 Å². The summed E-state index contributed by atoms with van der Waals surface area (Å²) in [5, 5.41) is 16.2. The maximum atomic E-state index is 13.0. The van der Waals surface area contributed by atoms with Crippen LogP contribution < -0.4 is 5.32 Å². The number of aromatic hydroxyl groups is 1. The first-order valence-corrected chi connectivity index (χ1v) is 5.26. The van der Waals surface area contributed by atoms with Crippen molar-refractivity contribution in [1.29, 1.82) is 0 Å². The number of rotatable bonds is 4. The lowest BCUT2D eigenvalue weighted by molar-refractivity contribution is 0.368. The number of nitrogens with zero attached hydrogens (tertiary/aromatic N) is 1. The van der Waals surface area contributed by atoms with Crippen LogP contribution in [0.3, 0.4) is 0 Å². The predicted octanol–water partition coefficient (Wildman–Crippen LogP) is 2.12. The summed E-state index contributed by atoms with van der Waals surface area (Å²) in [6.07, 6.45) is 0. The van der Waals surface area contributed by atoms with Gasteiger partial charge in [-0.1, -0.05) is 17.3 Å². The minimum atomic E-state index is -0.611. The van der Waals surface area contributed by atoms with E-state index in [0.29, 0.717) is 24.4 Å². The molecule has 0 spiro atoms. The molecule has 2 aromatic rings. The fourth-order valence-electron chi connectivity index (χ4n) is 1.52. The van der Waals surface area contributed by atoms with E-state index in [-0.39, 0.29) is 5.75 Å². The second-order valence-corrected chi connectivity index (χ2v) is 3.79. The van der Waals surface area contributed by atoms with E-state index in [1.807, 2.05) is 13.0 Å². The van der Waals surface area contributed by atoms with Crippen LogP contribution in [0.25, 0.3) is 0 Å². The van der Waals surface area contributed by atoms with Crippen molar-refractivity contribution in [2.45, 2.75) is 20.0 Å². The van der Waals surface area contributed by atoms with Crippen molar-refractivity contribution in [3.63, 3.8) is 0 Å². The average Bonchev–Trinajstić information content (AvgIpc) is 2.70. The smallest absolute Gasteiger partial charge is 0.165 e. The van der Waals surface area contributed by atoms with Gasteiger partial charge in [0.2, 0.25) is 0 Å². The van der Waals surface area contributed by atoms with Crippen molar-refractivity contribution >= 4 is 0 Å². The topological polar surface area (TPSA) is 58.3 Å². The molecule has 1 heterocycles. The van der Waals surface area contributed by atoms with E-state index in [1.165, 1.54) is 6.07 Å². The first-order chi connectivity index (χ1) is 8.16. The van der Waals surface area contributed by atoms with Gasteiger partial charge in [0.15, 0.2) is 17.3 Å². The molecule has 0 aliphatic rings. The van der Waals surface area contributed by atoms with Gasteiger partial charge in [-0.15, -0.1) is 0 Å². The number of phenols is 1. The van der Waals surface area contributed by atoms with Gasteiger partial charge < -0.3 is 14.9 Å². The summed E-state index contributed by atoms with van der Waals surface area (Å²) in [6, 6.07) is 6.26. The maximum Gasteiger partial charge on any atom is 0.165 e. The molecule has 1 aromatic heterocycles. The molecule has 17 heavy (non-hydrogen) atoms. The Hall–Kier alpha value is -1.88. The average molecular weight is 236 g/mol. The molecule has 4 nitrogen and oxygen atoms in total. The van der Waals surface area contributed by atoms with Crippen molar-refractivity contribution in [1.82, 2.24) is 10.5 Å². The predicted molar refractivity (Wildman–Crippen MR) is 59.8 cm³/mol. The molecule has 5 heteroatoms. The second kappa shape index (κ2) is 4.97. The van der Waals surface area contributed by atoms with Gasteiger partial charge in [0.1, 0.15) is 0 Å². The van der Waals surface area contributed by atoms with Crippen LogP contribution in [0.5, 0.6) is 5.75 Å². The molecule has 0 amide bonds. The first-order valence-electron chi connectivity index (χ1n) is 5.26. The van der Waals surface area contributed by atoms with Crippen molar-refractivity contribution in [2.24, 2.45) is 0 Å². The number of halogens is 1. The summed E-state index contributed by atoms with van der Waals surface area (Å²) in [4.78, 5) is 0. The zero-order chi connectivity index (χ0) is 12.3. The molecule has 0 aliphatic carbocycles. The largest absolute Gasteiger partial charge is 0.505 e. The number of phenolic OH excluding ortho intramolecular Hbond substituents is 1. The molecular weight excluding hydrogens is 223 g/mol. The molecule has 2 N–H and O–H groups in total. The third-order valence-electron chi connectivity index (χ3n) is 2.36. The summed E-state index contributed by atoms with van der Waals surface area (Å²) in [6.45, 7) is 2.69. The number of hydrogen-bond donors (Lipinski definition) is 2. The lowest BCUT2D eigenvalue weighted by atomic mass is 10.2. The molecular formula is C12H13FN2O2. The van der Waals surface area contributed by atoms with Crippen LogP contribution in [0.1, 0.15) is 17.0 Å². The first kappa shape index (κ1) is 11.6. The summed E-state index contributed by atoms with van der Waals surface area (Å²) < 4.78 is 18.0. The van der Waals surface area contributed by atoms with Crippen LogP contribution in [0.15, 0.2) is 28.8 Å². The van der Waals surface area contributed by atoms with E-state index in [9.17, 15) is 9.50 Å². The zero-order valence-electron chi connectivity index (χ0n) is 9.40. The fraction of sp³-hybridized carbons (Fsp3) is 0.250. The number of benzene rings is 1. The molecule has 0 aliphatic heterocycles. The highest BCUT2D eigenvalue weighted by molar-refractivity contribution is 5.33. The van der Waals surface area contributed by atoms with E-state index in [2.05, 4.69) is 10.5 Å². The van der Waals surface area contributed by atoms with Crippen molar-refractivity contribution in [3.8, 4) is 5.75 Å². The zero-order valence-corrected chi connectivity index (χ0v) is 9.40. The molecule has 0 saturated heterocycles. The molecule has 0 bridgehead atoms. The van der Waals surface area contributed by atoms with Crippen molar-refractivity contribution in [3.05, 3.63) is 47.1 Å². The number of aromatic nitrogens is 1. The Labute approximate surface area is 98.1 Å². The van der Waals surface area contributed by atoms with Crippen molar-refractivity contribution < 1.29 is 14.0 Å². The number of hydrogen-bond acceptors (Lipinski definition) is 4. The fourth-order valence-corrected chi connectivity index (χ4v) is 1.52. The standard InChI is InChI=1S/C12H13FN2O2/c1-8-5-10(17-15-8)7-14-6-9-3-2-4-11(13)12(9)16/h2-5,14,16H,6-7H2,1H3. The summed E-state index contributed by atoms with van der Waals surface area (Å²) >= 11 is 0. The Kier molecular flexibility index (Phi) is 3.39. The molecule has 90 valence electrons. The Morgan fingerprint density at radius 3 is 2.94 bits per heavy atom. The Balaban J connectivity index is 1.92. The highest BCUT2D eigenvalue weighted by Crippen LogP contribution is 2.20. The third kappa shape index (κ3) is 2.82. The van der Waals surface area contributed by atoms with Crippen LogP contribution in [0.4, 0.5) is 4.39 Å². The quantitative estimate of drug-likeness (QED) is 0.853. The van der Waals surface area contributed by atoms with Gasteiger partial charge in [-0.2, -0.15) is 0 Å². The lowest BCUT2D eigenvalue weighted by Gasteiger charge is -2.05. The van der Waals surface area contributed by atoms with E-state index in [4.69, 9.17) is 4.52 Å². The van der Waals surface area contributed by atoms with Gasteiger partial charge in [-0.05, 0) is 13.0 Å². The van der Waals surface area contributed by atoms with E-state index >= 15 is 0 Å².